The van der Waals surface area contributed by atoms with Crippen LogP contribution in [0.2, 0.25) is 0 Å². The Bertz CT molecular complexity index is 898. The predicted molar refractivity (Wildman–Crippen MR) is 99.7 cm³/mol. The topological polar surface area (TPSA) is 46.9 Å². The first-order valence-corrected chi connectivity index (χ1v) is 8.59. The highest BCUT2D eigenvalue weighted by atomic mass is 19.1. The molecule has 26 heavy (non-hydrogen) atoms. The molecule has 4 nitrogen and oxygen atoms in total. The minimum Gasteiger partial charge on any atom is -0.349 e. The lowest BCUT2D eigenvalue weighted by molar-refractivity contribution is -0.121. The summed E-state index contributed by atoms with van der Waals surface area (Å²) >= 11 is 0. The van der Waals surface area contributed by atoms with Crippen molar-refractivity contribution < 1.29 is 9.18 Å². The van der Waals surface area contributed by atoms with E-state index < -0.39 is 0 Å². The summed E-state index contributed by atoms with van der Waals surface area (Å²) in [4.78, 5) is 12.3. The Morgan fingerprint density at radius 3 is 2.42 bits per heavy atom. The number of carbonyl (C=O) groups is 1. The summed E-state index contributed by atoms with van der Waals surface area (Å²) in [6.45, 7) is 5.97. The lowest BCUT2D eigenvalue weighted by Crippen LogP contribution is -2.28. The van der Waals surface area contributed by atoms with Crippen LogP contribution in [0.3, 0.4) is 0 Å². The molecule has 1 amide bonds. The fraction of sp³-hybridized carbons (Fsp3) is 0.238. The third-order valence-electron chi connectivity index (χ3n) is 4.45. The molecule has 0 radical (unpaired) electrons. The van der Waals surface area contributed by atoms with Crippen molar-refractivity contribution >= 4 is 5.91 Å². The molecule has 134 valence electrons. The molecule has 1 atom stereocenters. The van der Waals surface area contributed by atoms with E-state index in [9.17, 15) is 9.18 Å². The monoisotopic (exact) mass is 351 g/mol. The standard InChI is InChI=1S/C21H22FN3O/c1-14-4-10-19(11-5-14)25-16(3)20(13-23-25)15(2)24-21(26)12-17-6-8-18(22)9-7-17/h4-11,13,15H,12H2,1-3H3,(H,24,26)/t15-/m0/s1. The van der Waals surface area contributed by atoms with Crippen molar-refractivity contribution in [2.24, 2.45) is 0 Å². The zero-order chi connectivity index (χ0) is 18.7. The minimum absolute atomic E-state index is 0.105. The fourth-order valence-electron chi connectivity index (χ4n) is 2.95. The largest absolute Gasteiger partial charge is 0.349 e. The van der Waals surface area contributed by atoms with Crippen molar-refractivity contribution in [3.8, 4) is 5.69 Å². The molecule has 0 aliphatic carbocycles. The van der Waals surface area contributed by atoms with E-state index in [0.717, 1.165) is 22.5 Å². The second-order valence-corrected chi connectivity index (χ2v) is 6.53. The van der Waals surface area contributed by atoms with Gasteiger partial charge in [0.05, 0.1) is 24.3 Å². The molecule has 0 unspecified atom stereocenters. The summed E-state index contributed by atoms with van der Waals surface area (Å²) in [7, 11) is 0. The van der Waals surface area contributed by atoms with Gasteiger partial charge in [0.1, 0.15) is 5.82 Å². The summed E-state index contributed by atoms with van der Waals surface area (Å²) in [6, 6.07) is 14.0. The molecule has 0 aliphatic rings. The lowest BCUT2D eigenvalue weighted by atomic mass is 10.1. The number of hydrogen-bond acceptors (Lipinski definition) is 2. The number of hydrogen-bond donors (Lipinski definition) is 1. The van der Waals surface area contributed by atoms with Crippen LogP contribution in [0.15, 0.2) is 54.7 Å². The molecule has 0 saturated heterocycles. The Hall–Kier alpha value is -2.95. The molecular formula is C21H22FN3O. The van der Waals surface area contributed by atoms with Crippen LogP contribution in [0.25, 0.3) is 5.69 Å². The van der Waals surface area contributed by atoms with E-state index in [4.69, 9.17) is 0 Å². The number of rotatable bonds is 5. The summed E-state index contributed by atoms with van der Waals surface area (Å²) in [6.07, 6.45) is 2.01. The molecule has 0 aliphatic heterocycles. The van der Waals surface area contributed by atoms with Crippen LogP contribution in [0.5, 0.6) is 0 Å². The molecule has 1 heterocycles. The molecule has 1 N–H and O–H groups in total. The van der Waals surface area contributed by atoms with E-state index in [-0.39, 0.29) is 24.2 Å². The average molecular weight is 351 g/mol. The Morgan fingerprint density at radius 2 is 1.77 bits per heavy atom. The first-order chi connectivity index (χ1) is 12.4. The summed E-state index contributed by atoms with van der Waals surface area (Å²) < 4.78 is 14.8. The van der Waals surface area contributed by atoms with Gasteiger partial charge in [-0.1, -0.05) is 29.8 Å². The molecule has 2 aromatic carbocycles. The van der Waals surface area contributed by atoms with Gasteiger partial charge in [0.2, 0.25) is 5.91 Å². The van der Waals surface area contributed by atoms with Gasteiger partial charge in [0.15, 0.2) is 0 Å². The maximum atomic E-state index is 13.0. The van der Waals surface area contributed by atoms with Gasteiger partial charge >= 0.3 is 0 Å². The number of aryl methyl sites for hydroxylation is 1. The van der Waals surface area contributed by atoms with Crippen LogP contribution in [-0.2, 0) is 11.2 Å². The second-order valence-electron chi connectivity index (χ2n) is 6.53. The highest BCUT2D eigenvalue weighted by Crippen LogP contribution is 2.20. The first kappa shape index (κ1) is 17.9. The van der Waals surface area contributed by atoms with E-state index in [1.165, 1.54) is 17.7 Å². The number of benzene rings is 2. The molecule has 0 saturated carbocycles. The number of halogens is 1. The molecule has 3 aromatic rings. The Kier molecular flexibility index (Phi) is 5.16. The summed E-state index contributed by atoms with van der Waals surface area (Å²) in [5, 5.41) is 7.45. The van der Waals surface area contributed by atoms with Crippen molar-refractivity contribution in [2.75, 3.05) is 0 Å². The zero-order valence-electron chi connectivity index (χ0n) is 15.2. The minimum atomic E-state index is -0.304. The maximum Gasteiger partial charge on any atom is 0.224 e. The van der Waals surface area contributed by atoms with E-state index in [0.29, 0.717) is 0 Å². The van der Waals surface area contributed by atoms with Crippen molar-refractivity contribution in [1.82, 2.24) is 15.1 Å². The highest BCUT2D eigenvalue weighted by Gasteiger charge is 2.16. The summed E-state index contributed by atoms with van der Waals surface area (Å²) in [5.41, 5.74) is 4.93. The van der Waals surface area contributed by atoms with Gasteiger partial charge in [-0.3, -0.25) is 4.79 Å². The number of nitrogens with zero attached hydrogens (tertiary/aromatic N) is 2. The molecule has 0 bridgehead atoms. The molecule has 0 spiro atoms. The van der Waals surface area contributed by atoms with Crippen molar-refractivity contribution in [3.63, 3.8) is 0 Å². The molecular weight excluding hydrogens is 329 g/mol. The van der Waals surface area contributed by atoms with Gasteiger partial charge in [-0.25, -0.2) is 9.07 Å². The van der Waals surface area contributed by atoms with Crippen molar-refractivity contribution in [3.05, 3.63) is 82.9 Å². The molecule has 5 heteroatoms. The van der Waals surface area contributed by atoms with Crippen molar-refractivity contribution in [2.45, 2.75) is 33.2 Å². The smallest absolute Gasteiger partial charge is 0.224 e. The second kappa shape index (κ2) is 7.52. The SMILES string of the molecule is Cc1ccc(-n2ncc([C@H](C)NC(=O)Cc3ccc(F)cc3)c2C)cc1. The van der Waals surface area contributed by atoms with Gasteiger partial charge in [-0.05, 0) is 50.6 Å². The Labute approximate surface area is 152 Å². The first-order valence-electron chi connectivity index (χ1n) is 8.59. The van der Waals surface area contributed by atoms with Crippen LogP contribution in [-0.4, -0.2) is 15.7 Å². The van der Waals surface area contributed by atoms with E-state index in [1.54, 1.807) is 18.3 Å². The number of carbonyl (C=O) groups excluding carboxylic acids is 1. The molecule has 1 aromatic heterocycles. The average Bonchev–Trinajstić information content (AvgIpc) is 2.99. The number of nitrogens with one attached hydrogen (secondary N) is 1. The van der Waals surface area contributed by atoms with E-state index in [2.05, 4.69) is 10.4 Å². The number of aromatic nitrogens is 2. The fourth-order valence-corrected chi connectivity index (χ4v) is 2.95. The van der Waals surface area contributed by atoms with Crippen LogP contribution in [0, 0.1) is 19.7 Å². The predicted octanol–water partition coefficient (Wildman–Crippen LogP) is 4.05. The third-order valence-corrected chi connectivity index (χ3v) is 4.45. The lowest BCUT2D eigenvalue weighted by Gasteiger charge is -2.14. The Morgan fingerprint density at radius 1 is 1.12 bits per heavy atom. The van der Waals surface area contributed by atoms with Gasteiger partial charge in [0.25, 0.3) is 0 Å². The maximum absolute atomic E-state index is 13.0. The van der Waals surface area contributed by atoms with Gasteiger partial charge < -0.3 is 5.32 Å². The highest BCUT2D eigenvalue weighted by molar-refractivity contribution is 5.79. The van der Waals surface area contributed by atoms with Crippen LogP contribution < -0.4 is 5.32 Å². The third kappa shape index (κ3) is 3.99. The molecule has 0 fully saturated rings. The summed E-state index contributed by atoms with van der Waals surface area (Å²) in [5.74, 6) is -0.409. The van der Waals surface area contributed by atoms with Gasteiger partial charge in [-0.15, -0.1) is 0 Å². The normalized spacial score (nSPS) is 12.0. The van der Waals surface area contributed by atoms with Crippen LogP contribution in [0.4, 0.5) is 4.39 Å². The van der Waals surface area contributed by atoms with Gasteiger partial charge in [-0.2, -0.15) is 5.10 Å². The van der Waals surface area contributed by atoms with E-state index >= 15 is 0 Å². The Balaban J connectivity index is 1.70. The van der Waals surface area contributed by atoms with Crippen LogP contribution in [0.1, 0.15) is 35.3 Å². The van der Waals surface area contributed by atoms with Crippen molar-refractivity contribution in [1.29, 1.82) is 0 Å². The quantitative estimate of drug-likeness (QED) is 0.754. The zero-order valence-corrected chi connectivity index (χ0v) is 15.2. The van der Waals surface area contributed by atoms with Crippen LogP contribution >= 0.6 is 0 Å². The molecule has 3 rings (SSSR count). The van der Waals surface area contributed by atoms with Gasteiger partial charge in [0, 0.05) is 11.3 Å². The number of amides is 1. The van der Waals surface area contributed by atoms with E-state index in [1.807, 2.05) is 49.7 Å².